The normalized spacial score (nSPS) is 10.0. The van der Waals surface area contributed by atoms with Crippen molar-refractivity contribution in [1.29, 1.82) is 5.26 Å². The lowest BCUT2D eigenvalue weighted by Gasteiger charge is -2.07. The van der Waals surface area contributed by atoms with Crippen molar-refractivity contribution >= 4 is 0 Å². The van der Waals surface area contributed by atoms with Gasteiger partial charge >= 0.3 is 0 Å². The van der Waals surface area contributed by atoms with Crippen LogP contribution < -0.4 is 10.1 Å². The van der Waals surface area contributed by atoms with Gasteiger partial charge in [0.2, 0.25) is 0 Å². The molecule has 0 fully saturated rings. The quantitative estimate of drug-likeness (QED) is 0.877. The summed E-state index contributed by atoms with van der Waals surface area (Å²) in [5.41, 5.74) is 2.10. The predicted octanol–water partition coefficient (Wildman–Crippen LogP) is 3.02. The van der Waals surface area contributed by atoms with E-state index in [4.69, 9.17) is 10.00 Å². The summed E-state index contributed by atoms with van der Waals surface area (Å²) < 4.78 is 18.0. The van der Waals surface area contributed by atoms with Gasteiger partial charge in [0.05, 0.1) is 0 Å². The first-order valence-electron chi connectivity index (χ1n) is 6.32. The van der Waals surface area contributed by atoms with Crippen molar-refractivity contribution in [1.82, 2.24) is 5.32 Å². The molecule has 0 radical (unpaired) electrons. The predicted molar refractivity (Wildman–Crippen MR) is 74.5 cm³/mol. The maximum atomic E-state index is 12.8. The van der Waals surface area contributed by atoms with Crippen LogP contribution in [0, 0.1) is 17.1 Å². The van der Waals surface area contributed by atoms with Crippen LogP contribution >= 0.6 is 0 Å². The Balaban J connectivity index is 1.84. The van der Waals surface area contributed by atoms with Gasteiger partial charge in [-0.25, -0.2) is 4.39 Å². The molecule has 0 saturated heterocycles. The molecule has 0 saturated carbocycles. The van der Waals surface area contributed by atoms with Crippen LogP contribution in [0.1, 0.15) is 11.1 Å². The van der Waals surface area contributed by atoms with Crippen molar-refractivity contribution in [3.63, 3.8) is 0 Å². The number of hydrogen-bond donors (Lipinski definition) is 1. The molecule has 0 spiro atoms. The first-order chi connectivity index (χ1) is 9.78. The van der Waals surface area contributed by atoms with Gasteiger partial charge in [-0.2, -0.15) is 5.26 Å². The number of hydrogen-bond acceptors (Lipinski definition) is 3. The Hall–Kier alpha value is -2.38. The van der Waals surface area contributed by atoms with Gasteiger partial charge in [0.1, 0.15) is 17.6 Å². The van der Waals surface area contributed by atoms with Gasteiger partial charge in [-0.15, -0.1) is 0 Å². The standard InChI is InChI=1S/C16H15FN2O/c17-15-6-4-13(5-7-15)11-19-12-14-2-1-3-16(10-14)20-9-8-18/h1-7,10,19H,9,11-12H2. The smallest absolute Gasteiger partial charge is 0.174 e. The number of benzene rings is 2. The fourth-order valence-electron chi connectivity index (χ4n) is 1.81. The molecule has 1 N–H and O–H groups in total. The molecule has 0 amide bonds. The fourth-order valence-corrected chi connectivity index (χ4v) is 1.81. The highest BCUT2D eigenvalue weighted by molar-refractivity contribution is 5.28. The second kappa shape index (κ2) is 7.27. The van der Waals surface area contributed by atoms with Crippen LogP contribution in [0.4, 0.5) is 4.39 Å². The van der Waals surface area contributed by atoms with Gasteiger partial charge in [-0.1, -0.05) is 24.3 Å². The van der Waals surface area contributed by atoms with E-state index in [-0.39, 0.29) is 12.4 Å². The van der Waals surface area contributed by atoms with Crippen LogP contribution in [-0.2, 0) is 13.1 Å². The van der Waals surface area contributed by atoms with Crippen molar-refractivity contribution < 1.29 is 9.13 Å². The van der Waals surface area contributed by atoms with E-state index in [1.54, 1.807) is 12.1 Å². The Labute approximate surface area is 117 Å². The molecule has 2 aromatic rings. The molecule has 0 aromatic heterocycles. The van der Waals surface area contributed by atoms with Gasteiger partial charge in [0.15, 0.2) is 6.61 Å². The maximum absolute atomic E-state index is 12.8. The third-order valence-corrected chi connectivity index (χ3v) is 2.77. The van der Waals surface area contributed by atoms with Gasteiger partial charge in [0.25, 0.3) is 0 Å². The van der Waals surface area contributed by atoms with Crippen molar-refractivity contribution in [2.45, 2.75) is 13.1 Å². The molecular weight excluding hydrogens is 255 g/mol. The van der Waals surface area contributed by atoms with Gasteiger partial charge in [-0.05, 0) is 35.4 Å². The molecule has 0 unspecified atom stereocenters. The largest absolute Gasteiger partial charge is 0.479 e. The summed E-state index contributed by atoms with van der Waals surface area (Å²) in [7, 11) is 0. The molecule has 0 aliphatic heterocycles. The van der Waals surface area contributed by atoms with Crippen molar-refractivity contribution in [3.05, 3.63) is 65.5 Å². The number of ether oxygens (including phenoxy) is 1. The van der Waals surface area contributed by atoms with Crippen LogP contribution in [0.5, 0.6) is 5.75 Å². The minimum absolute atomic E-state index is 0.0481. The third kappa shape index (κ3) is 4.38. The van der Waals surface area contributed by atoms with E-state index in [0.29, 0.717) is 18.8 Å². The summed E-state index contributed by atoms with van der Waals surface area (Å²) in [6, 6.07) is 15.9. The summed E-state index contributed by atoms with van der Waals surface area (Å²) in [6.07, 6.45) is 0. The summed E-state index contributed by atoms with van der Waals surface area (Å²) in [5.74, 6) is 0.462. The van der Waals surface area contributed by atoms with Crippen LogP contribution in [0.15, 0.2) is 48.5 Å². The second-order valence-electron chi connectivity index (χ2n) is 4.32. The van der Waals surface area contributed by atoms with E-state index >= 15 is 0 Å². The molecular formula is C16H15FN2O. The molecule has 20 heavy (non-hydrogen) atoms. The van der Waals surface area contributed by atoms with E-state index in [1.165, 1.54) is 12.1 Å². The highest BCUT2D eigenvalue weighted by Gasteiger charge is 1.98. The van der Waals surface area contributed by atoms with E-state index in [1.807, 2.05) is 30.3 Å². The molecule has 0 atom stereocenters. The number of halogens is 1. The monoisotopic (exact) mass is 270 g/mol. The highest BCUT2D eigenvalue weighted by Crippen LogP contribution is 2.13. The minimum atomic E-state index is -0.226. The van der Waals surface area contributed by atoms with Crippen LogP contribution in [0.2, 0.25) is 0 Å². The molecule has 0 heterocycles. The lowest BCUT2D eigenvalue weighted by Crippen LogP contribution is -2.12. The fraction of sp³-hybridized carbons (Fsp3) is 0.188. The number of nitriles is 1. The zero-order valence-electron chi connectivity index (χ0n) is 11.0. The lowest BCUT2D eigenvalue weighted by atomic mass is 10.2. The van der Waals surface area contributed by atoms with Crippen LogP contribution in [-0.4, -0.2) is 6.61 Å². The molecule has 3 nitrogen and oxygen atoms in total. The number of nitrogens with zero attached hydrogens (tertiary/aromatic N) is 1. The summed E-state index contributed by atoms with van der Waals surface area (Å²) in [5, 5.41) is 11.7. The zero-order valence-corrected chi connectivity index (χ0v) is 11.0. The molecule has 0 aliphatic carbocycles. The van der Waals surface area contributed by atoms with E-state index < -0.39 is 0 Å². The Morgan fingerprint density at radius 1 is 1.05 bits per heavy atom. The molecule has 2 aromatic carbocycles. The van der Waals surface area contributed by atoms with Crippen molar-refractivity contribution in [2.75, 3.05) is 6.61 Å². The summed E-state index contributed by atoms with van der Waals surface area (Å²) in [4.78, 5) is 0. The van der Waals surface area contributed by atoms with E-state index in [0.717, 1.165) is 11.1 Å². The summed E-state index contributed by atoms with van der Waals surface area (Å²) >= 11 is 0. The van der Waals surface area contributed by atoms with Gasteiger partial charge in [-0.3, -0.25) is 0 Å². The Bertz CT molecular complexity index is 590. The third-order valence-electron chi connectivity index (χ3n) is 2.77. The molecule has 2 rings (SSSR count). The van der Waals surface area contributed by atoms with Gasteiger partial charge < -0.3 is 10.1 Å². The average Bonchev–Trinajstić information content (AvgIpc) is 2.48. The highest BCUT2D eigenvalue weighted by atomic mass is 19.1. The van der Waals surface area contributed by atoms with E-state index in [2.05, 4.69) is 5.32 Å². The topological polar surface area (TPSA) is 45.0 Å². The average molecular weight is 270 g/mol. The van der Waals surface area contributed by atoms with Crippen molar-refractivity contribution in [2.24, 2.45) is 0 Å². The number of rotatable bonds is 6. The summed E-state index contributed by atoms with van der Waals surface area (Å²) in [6.45, 7) is 1.40. The van der Waals surface area contributed by atoms with Gasteiger partial charge in [0, 0.05) is 13.1 Å². The van der Waals surface area contributed by atoms with Crippen molar-refractivity contribution in [3.8, 4) is 11.8 Å². The Morgan fingerprint density at radius 2 is 1.80 bits per heavy atom. The molecule has 4 heteroatoms. The Kier molecular flexibility index (Phi) is 5.10. The molecule has 0 aliphatic rings. The maximum Gasteiger partial charge on any atom is 0.174 e. The minimum Gasteiger partial charge on any atom is -0.479 e. The second-order valence-corrected chi connectivity index (χ2v) is 4.32. The first kappa shape index (κ1) is 14.0. The van der Waals surface area contributed by atoms with Crippen LogP contribution in [0.3, 0.4) is 0 Å². The lowest BCUT2D eigenvalue weighted by molar-refractivity contribution is 0.367. The van der Waals surface area contributed by atoms with Crippen LogP contribution in [0.25, 0.3) is 0 Å². The molecule has 0 bridgehead atoms. The Morgan fingerprint density at radius 3 is 2.55 bits per heavy atom. The SMILES string of the molecule is N#CCOc1cccc(CNCc2ccc(F)cc2)c1. The molecule has 102 valence electrons. The zero-order chi connectivity index (χ0) is 14.2. The first-order valence-corrected chi connectivity index (χ1v) is 6.32. The van der Waals surface area contributed by atoms with E-state index in [9.17, 15) is 4.39 Å². The number of nitrogens with one attached hydrogen (secondary N) is 1.